The van der Waals surface area contributed by atoms with E-state index in [1.54, 1.807) is 0 Å². The lowest BCUT2D eigenvalue weighted by Gasteiger charge is -2.26. The molecule has 0 radical (unpaired) electrons. The summed E-state index contributed by atoms with van der Waals surface area (Å²) < 4.78 is 15.2. The van der Waals surface area contributed by atoms with E-state index in [4.69, 9.17) is 0 Å². The molecule has 0 fully saturated rings. The minimum atomic E-state index is 1.10. The molecule has 147 heavy (non-hydrogen) atoms. The summed E-state index contributed by atoms with van der Waals surface area (Å²) in [5.41, 5.74) is 28.0. The van der Waals surface area contributed by atoms with Gasteiger partial charge in [-0.15, -0.1) is 34.0 Å². The second-order valence-electron chi connectivity index (χ2n) is 37.9. The zero-order valence-electron chi connectivity index (χ0n) is 79.9. The van der Waals surface area contributed by atoms with E-state index >= 15 is 0 Å². The van der Waals surface area contributed by atoms with Gasteiger partial charge in [-0.05, 0) is 290 Å². The van der Waals surface area contributed by atoms with Crippen molar-refractivity contribution in [1.29, 1.82) is 0 Å². The third-order valence-electron chi connectivity index (χ3n) is 29.2. The fraction of sp³-hybridized carbons (Fsp3) is 0. The van der Waals surface area contributed by atoms with Crippen LogP contribution in [0, 0.1) is 0 Å². The van der Waals surface area contributed by atoms with Crippen LogP contribution >= 0.6 is 34.0 Å². The number of aromatic nitrogens is 3. The number of anilines is 9. The third kappa shape index (κ3) is 15.5. The summed E-state index contributed by atoms with van der Waals surface area (Å²) >= 11 is 5.61. The van der Waals surface area contributed by atoms with E-state index in [-0.39, 0.29) is 0 Å². The molecule has 0 amide bonds. The lowest BCUT2D eigenvalue weighted by atomic mass is 10.0. The van der Waals surface area contributed by atoms with E-state index in [2.05, 4.69) is 574 Å². The fourth-order valence-electron chi connectivity index (χ4n) is 22.3. The minimum Gasteiger partial charge on any atom is -0.310 e. The normalized spacial score (nSPS) is 11.7. The highest BCUT2D eigenvalue weighted by Crippen LogP contribution is 2.49. The van der Waals surface area contributed by atoms with Crippen LogP contribution in [0.5, 0.6) is 0 Å². The van der Waals surface area contributed by atoms with Gasteiger partial charge in [0.05, 0.1) is 33.1 Å². The monoisotopic (exact) mass is 1930 g/mol. The summed E-state index contributed by atoms with van der Waals surface area (Å²) in [5, 5.41) is 23.1. The van der Waals surface area contributed by atoms with Gasteiger partial charge in [-0.2, -0.15) is 0 Å². The SMILES string of the molecule is c1ccc(N(c2ccc(-c3ccc4ccccc4c3)cc2)c2cccc(-n3c4ccccc4c4cc5c(cc43)sc3ccccc35)c2)cc1.c1ccc(N(c2ccc(-n3c4ccccc4c4cc5c(cc43)sc3ccccc35)cc2)c2cccc(-c3ccc4ccccc4c3)c2)cc1.c1ccc(N(c2cccc(-c3ccc4ccccc4c3)c2)c2cccc(-n3c4ccccc4c4cc5c(cc43)sc3ccccc35)c2)cc1. The molecule has 30 rings (SSSR count). The Morgan fingerprint density at radius 3 is 0.748 bits per heavy atom. The quantitative estimate of drug-likeness (QED) is 0.102. The van der Waals surface area contributed by atoms with Crippen LogP contribution in [-0.4, -0.2) is 13.7 Å². The summed E-state index contributed by atoms with van der Waals surface area (Å²) in [7, 11) is 0. The average Bonchev–Trinajstić information content (AvgIpc) is 1.58. The van der Waals surface area contributed by atoms with Gasteiger partial charge >= 0.3 is 0 Å². The summed E-state index contributed by atoms with van der Waals surface area (Å²) in [6.07, 6.45) is 0. The number of thiophene rings is 3. The molecule has 0 saturated carbocycles. The van der Waals surface area contributed by atoms with Crippen LogP contribution in [-0.2, 0) is 0 Å². The smallest absolute Gasteiger partial charge is 0.0555 e. The first kappa shape index (κ1) is 86.4. The van der Waals surface area contributed by atoms with E-state index in [0.717, 1.165) is 68.2 Å². The Morgan fingerprint density at radius 1 is 0.122 bits per heavy atom. The molecule has 6 aromatic heterocycles. The van der Waals surface area contributed by atoms with Crippen molar-refractivity contribution in [3.8, 4) is 50.4 Å². The Hall–Kier alpha value is -18.5. The highest BCUT2D eigenvalue weighted by atomic mass is 32.1. The molecular formula is C138H90N6S3. The highest BCUT2D eigenvalue weighted by molar-refractivity contribution is 7.26. The maximum Gasteiger partial charge on any atom is 0.0555 e. The third-order valence-corrected chi connectivity index (χ3v) is 32.6. The Bertz CT molecular complexity index is 10400. The lowest BCUT2D eigenvalue weighted by Crippen LogP contribution is -2.10. The summed E-state index contributed by atoms with van der Waals surface area (Å²) in [6, 6.07) is 198. The van der Waals surface area contributed by atoms with Gasteiger partial charge in [0, 0.05) is 161 Å². The van der Waals surface area contributed by atoms with Crippen LogP contribution in [0.25, 0.3) is 209 Å². The molecule has 0 bridgehead atoms. The van der Waals surface area contributed by atoms with Gasteiger partial charge in [0.1, 0.15) is 0 Å². The molecule has 0 aliphatic heterocycles. The van der Waals surface area contributed by atoms with Crippen molar-refractivity contribution in [1.82, 2.24) is 13.7 Å². The van der Waals surface area contributed by atoms with Crippen LogP contribution in [0.15, 0.2) is 546 Å². The topological polar surface area (TPSA) is 24.5 Å². The second kappa shape index (κ2) is 36.5. The Balaban J connectivity index is 0.000000107. The van der Waals surface area contributed by atoms with Crippen molar-refractivity contribution in [3.05, 3.63) is 546 Å². The van der Waals surface area contributed by atoms with Gasteiger partial charge in [0.15, 0.2) is 0 Å². The first-order valence-corrected chi connectivity index (χ1v) is 52.5. The zero-order valence-corrected chi connectivity index (χ0v) is 82.3. The molecule has 6 heterocycles. The first-order valence-electron chi connectivity index (χ1n) is 50.0. The number of hydrogen-bond donors (Lipinski definition) is 0. The molecule has 0 atom stereocenters. The molecule has 0 N–H and O–H groups in total. The van der Waals surface area contributed by atoms with E-state index in [1.807, 2.05) is 34.0 Å². The van der Waals surface area contributed by atoms with Crippen molar-refractivity contribution >= 4 is 243 Å². The van der Waals surface area contributed by atoms with Gasteiger partial charge in [-0.1, -0.05) is 322 Å². The van der Waals surface area contributed by atoms with Crippen molar-refractivity contribution < 1.29 is 0 Å². The van der Waals surface area contributed by atoms with Crippen molar-refractivity contribution in [2.24, 2.45) is 0 Å². The first-order chi connectivity index (χ1) is 72.8. The average molecular weight is 1930 g/mol. The van der Waals surface area contributed by atoms with E-state index in [1.165, 1.54) is 192 Å². The van der Waals surface area contributed by atoms with Crippen molar-refractivity contribution in [3.63, 3.8) is 0 Å². The maximum absolute atomic E-state index is 2.44. The number of para-hydroxylation sites is 6. The van der Waals surface area contributed by atoms with Crippen LogP contribution in [0.2, 0.25) is 0 Å². The zero-order chi connectivity index (χ0) is 96.9. The number of hydrogen-bond acceptors (Lipinski definition) is 6. The summed E-state index contributed by atoms with van der Waals surface area (Å²) in [6.45, 7) is 0. The van der Waals surface area contributed by atoms with Gasteiger partial charge in [-0.25, -0.2) is 0 Å². The standard InChI is InChI=1S/3C46H30N2S/c1-2-15-35(16-3-1)47(36-17-10-14-33(27-36)34-25-24-31-12-4-5-13-32(31)26-34)37-18-11-19-38(28-37)48-43-22-8-6-20-39(43)41-29-42-40-21-7-9-23-45(40)49-46(42)30-44(41)48;1-2-14-35(15-3-1)47(38-16-10-13-33(28-38)34-22-21-31-11-4-5-12-32(31)27-34)36-23-25-37(26-24-36)48-43-19-8-6-17-39(43)41-29-42-40-18-7-9-20-45(40)49-46(42)30-44(41)48;1-2-13-35(14-3-1)47(36-25-23-32(24-26-36)34-22-21-31-11-4-5-12-33(31)27-34)37-15-10-16-38(28-37)48-43-19-8-6-17-39(43)41-29-42-40-18-7-9-20-45(40)49-46(42)30-44(41)48/h3*1-30H. The minimum absolute atomic E-state index is 1.10. The van der Waals surface area contributed by atoms with E-state index in [9.17, 15) is 0 Å². The molecule has 690 valence electrons. The van der Waals surface area contributed by atoms with Crippen LogP contribution in [0.4, 0.5) is 51.2 Å². The predicted molar refractivity (Wildman–Crippen MR) is 634 cm³/mol. The highest BCUT2D eigenvalue weighted by Gasteiger charge is 2.25. The molecule has 0 saturated heterocycles. The molecular weight excluding hydrogens is 1840 g/mol. The van der Waals surface area contributed by atoms with Gasteiger partial charge < -0.3 is 28.4 Å². The molecule has 24 aromatic carbocycles. The molecule has 9 heteroatoms. The number of rotatable bonds is 15. The van der Waals surface area contributed by atoms with Crippen LogP contribution < -0.4 is 14.7 Å². The molecule has 0 aliphatic carbocycles. The van der Waals surface area contributed by atoms with Crippen LogP contribution in [0.1, 0.15) is 0 Å². The van der Waals surface area contributed by atoms with E-state index in [0.29, 0.717) is 0 Å². The molecule has 30 aromatic rings. The van der Waals surface area contributed by atoms with Crippen molar-refractivity contribution in [2.75, 3.05) is 14.7 Å². The maximum atomic E-state index is 2.44. The summed E-state index contributed by atoms with van der Waals surface area (Å²) in [4.78, 5) is 7.07. The number of benzene rings is 24. The van der Waals surface area contributed by atoms with E-state index < -0.39 is 0 Å². The van der Waals surface area contributed by atoms with Gasteiger partial charge in [-0.3, -0.25) is 0 Å². The number of nitrogens with zero attached hydrogens (tertiary/aromatic N) is 6. The second-order valence-corrected chi connectivity index (χ2v) is 41.1. The Kier molecular flexibility index (Phi) is 21.4. The number of fused-ring (bicyclic) bond motifs is 21. The van der Waals surface area contributed by atoms with Gasteiger partial charge in [0.2, 0.25) is 0 Å². The molecule has 0 aliphatic rings. The molecule has 0 spiro atoms. The Morgan fingerprint density at radius 2 is 0.381 bits per heavy atom. The molecule has 6 nitrogen and oxygen atoms in total. The Labute approximate surface area is 861 Å². The van der Waals surface area contributed by atoms with Crippen LogP contribution in [0.3, 0.4) is 0 Å². The molecule has 0 unspecified atom stereocenters. The largest absolute Gasteiger partial charge is 0.310 e. The lowest BCUT2D eigenvalue weighted by molar-refractivity contribution is 1.17. The van der Waals surface area contributed by atoms with Gasteiger partial charge in [0.25, 0.3) is 0 Å². The fourth-order valence-corrected chi connectivity index (χ4v) is 25.7. The van der Waals surface area contributed by atoms with Crippen molar-refractivity contribution in [2.45, 2.75) is 0 Å². The predicted octanol–water partition coefficient (Wildman–Crippen LogP) is 40.3. The summed E-state index contributed by atoms with van der Waals surface area (Å²) in [5.74, 6) is 0.